The Balaban J connectivity index is 1.45. The van der Waals surface area contributed by atoms with E-state index in [0.717, 1.165) is 28.2 Å². The normalized spacial score (nSPS) is 11.5. The summed E-state index contributed by atoms with van der Waals surface area (Å²) in [5, 5.41) is 3.01. The lowest BCUT2D eigenvalue weighted by molar-refractivity contribution is 0.0949. The molecule has 0 unspecified atom stereocenters. The van der Waals surface area contributed by atoms with E-state index in [4.69, 9.17) is 9.72 Å². The van der Waals surface area contributed by atoms with Crippen LogP contribution in [0.2, 0.25) is 0 Å². The van der Waals surface area contributed by atoms with Crippen molar-refractivity contribution < 1.29 is 9.53 Å². The van der Waals surface area contributed by atoms with Crippen LogP contribution in [0.5, 0.6) is 5.75 Å². The molecule has 0 aliphatic rings. The molecule has 0 saturated carbocycles. The molecular weight excluding hydrogens is 410 g/mol. The Labute approximate surface area is 195 Å². The van der Waals surface area contributed by atoms with Gasteiger partial charge in [0.1, 0.15) is 18.2 Å². The van der Waals surface area contributed by atoms with Gasteiger partial charge in [-0.15, -0.1) is 0 Å². The maximum Gasteiger partial charge on any atom is 0.251 e. The van der Waals surface area contributed by atoms with Gasteiger partial charge in [-0.25, -0.2) is 4.98 Å². The van der Waals surface area contributed by atoms with Crippen LogP contribution < -0.4 is 10.1 Å². The van der Waals surface area contributed by atoms with Gasteiger partial charge in [0.2, 0.25) is 0 Å². The molecule has 0 aliphatic carbocycles. The number of fused-ring (bicyclic) bond motifs is 1. The second-order valence-electron chi connectivity index (χ2n) is 9.34. The fourth-order valence-corrected chi connectivity index (χ4v) is 3.86. The van der Waals surface area contributed by atoms with Crippen LogP contribution in [0.3, 0.4) is 0 Å². The molecule has 0 atom stereocenters. The standard InChI is InChI=1S/C28H31N3O2/c1-20-8-7-9-21(18-20)27(32)29-19-26-30-24-10-5-6-11-25(24)31(26)16-17-33-23-14-12-22(13-15-23)28(2,3)4/h5-15,18H,16-17,19H2,1-4H3,(H,29,32). The van der Waals surface area contributed by atoms with Gasteiger partial charge in [-0.05, 0) is 54.3 Å². The number of ether oxygens (including phenoxy) is 1. The van der Waals surface area contributed by atoms with Crippen molar-refractivity contribution in [3.8, 4) is 5.75 Å². The van der Waals surface area contributed by atoms with E-state index >= 15 is 0 Å². The lowest BCUT2D eigenvalue weighted by Crippen LogP contribution is -2.25. The van der Waals surface area contributed by atoms with Crippen LogP contribution in [0, 0.1) is 6.92 Å². The highest BCUT2D eigenvalue weighted by atomic mass is 16.5. The van der Waals surface area contributed by atoms with Gasteiger partial charge in [0.25, 0.3) is 5.91 Å². The number of imidazole rings is 1. The van der Waals surface area contributed by atoms with Gasteiger partial charge in [-0.3, -0.25) is 4.79 Å². The average Bonchev–Trinajstić information content (AvgIpc) is 3.15. The number of hydrogen-bond donors (Lipinski definition) is 1. The number of aromatic nitrogens is 2. The quantitative estimate of drug-likeness (QED) is 0.403. The van der Waals surface area contributed by atoms with Crippen LogP contribution >= 0.6 is 0 Å². The number of nitrogens with zero attached hydrogens (tertiary/aromatic N) is 2. The Kier molecular flexibility index (Phi) is 6.50. The molecule has 4 rings (SSSR count). The van der Waals surface area contributed by atoms with Crippen LogP contribution in [0.1, 0.15) is 48.1 Å². The average molecular weight is 442 g/mol. The van der Waals surface area contributed by atoms with Crippen molar-refractivity contribution in [3.05, 3.63) is 95.3 Å². The number of rotatable bonds is 7. The van der Waals surface area contributed by atoms with Crippen LogP contribution in [-0.2, 0) is 18.5 Å². The van der Waals surface area contributed by atoms with Crippen molar-refractivity contribution in [2.45, 2.75) is 46.2 Å². The fourth-order valence-electron chi connectivity index (χ4n) is 3.86. The first-order valence-corrected chi connectivity index (χ1v) is 11.3. The lowest BCUT2D eigenvalue weighted by atomic mass is 9.87. The fraction of sp³-hybridized carbons (Fsp3) is 0.286. The van der Waals surface area contributed by atoms with Crippen LogP contribution in [0.25, 0.3) is 11.0 Å². The zero-order chi connectivity index (χ0) is 23.4. The molecule has 0 bridgehead atoms. The first-order chi connectivity index (χ1) is 15.8. The molecule has 170 valence electrons. The summed E-state index contributed by atoms with van der Waals surface area (Å²) in [5.74, 6) is 1.55. The molecule has 0 fully saturated rings. The molecule has 0 radical (unpaired) electrons. The predicted molar refractivity (Wildman–Crippen MR) is 133 cm³/mol. The van der Waals surface area contributed by atoms with E-state index in [2.05, 4.69) is 42.8 Å². The number of aryl methyl sites for hydroxylation is 1. The molecule has 3 aromatic carbocycles. The largest absolute Gasteiger partial charge is 0.492 e. The third-order valence-corrected chi connectivity index (χ3v) is 5.72. The molecule has 5 nitrogen and oxygen atoms in total. The Hall–Kier alpha value is -3.60. The predicted octanol–water partition coefficient (Wildman–Crippen LogP) is 5.65. The summed E-state index contributed by atoms with van der Waals surface area (Å²) < 4.78 is 8.14. The lowest BCUT2D eigenvalue weighted by Gasteiger charge is -2.19. The van der Waals surface area contributed by atoms with Crippen LogP contribution in [-0.4, -0.2) is 22.1 Å². The molecule has 1 amide bonds. The molecule has 1 heterocycles. The third kappa shape index (κ3) is 5.43. The SMILES string of the molecule is Cc1cccc(C(=O)NCc2nc3ccccc3n2CCOc2ccc(C(C)(C)C)cc2)c1. The highest BCUT2D eigenvalue weighted by Crippen LogP contribution is 2.24. The molecular formula is C28H31N3O2. The van der Waals surface area contributed by atoms with E-state index in [9.17, 15) is 4.79 Å². The van der Waals surface area contributed by atoms with Gasteiger partial charge >= 0.3 is 0 Å². The summed E-state index contributed by atoms with van der Waals surface area (Å²) in [5.41, 5.74) is 5.05. The van der Waals surface area contributed by atoms with Gasteiger partial charge < -0.3 is 14.6 Å². The highest BCUT2D eigenvalue weighted by Gasteiger charge is 2.14. The van der Waals surface area contributed by atoms with E-state index < -0.39 is 0 Å². The minimum atomic E-state index is -0.104. The van der Waals surface area contributed by atoms with E-state index in [0.29, 0.717) is 25.3 Å². The molecule has 5 heteroatoms. The van der Waals surface area contributed by atoms with Crippen molar-refractivity contribution in [1.82, 2.24) is 14.9 Å². The summed E-state index contributed by atoms with van der Waals surface area (Å²) in [6, 6.07) is 23.9. The minimum absolute atomic E-state index is 0.104. The minimum Gasteiger partial charge on any atom is -0.492 e. The summed E-state index contributed by atoms with van der Waals surface area (Å²) >= 11 is 0. The smallest absolute Gasteiger partial charge is 0.251 e. The molecule has 1 aromatic heterocycles. The number of amides is 1. The number of benzene rings is 3. The Bertz CT molecular complexity index is 1250. The first-order valence-electron chi connectivity index (χ1n) is 11.3. The molecule has 0 spiro atoms. The summed E-state index contributed by atoms with van der Waals surface area (Å²) in [6.07, 6.45) is 0. The zero-order valence-electron chi connectivity index (χ0n) is 19.8. The zero-order valence-corrected chi connectivity index (χ0v) is 19.8. The Morgan fingerprint density at radius 3 is 2.48 bits per heavy atom. The topological polar surface area (TPSA) is 56.2 Å². The second kappa shape index (κ2) is 9.49. The van der Waals surface area contributed by atoms with Crippen molar-refractivity contribution in [2.24, 2.45) is 0 Å². The maximum absolute atomic E-state index is 12.6. The molecule has 1 N–H and O–H groups in total. The number of nitrogens with one attached hydrogen (secondary N) is 1. The number of para-hydroxylation sites is 2. The van der Waals surface area contributed by atoms with Gasteiger partial charge in [0.05, 0.1) is 24.1 Å². The molecule has 0 saturated heterocycles. The summed E-state index contributed by atoms with van der Waals surface area (Å²) in [7, 11) is 0. The third-order valence-electron chi connectivity index (χ3n) is 5.72. The van der Waals surface area contributed by atoms with Crippen LogP contribution in [0.4, 0.5) is 0 Å². The van der Waals surface area contributed by atoms with Gasteiger partial charge in [-0.2, -0.15) is 0 Å². The van der Waals surface area contributed by atoms with Gasteiger partial charge in [0.15, 0.2) is 0 Å². The highest BCUT2D eigenvalue weighted by molar-refractivity contribution is 5.94. The Morgan fingerprint density at radius 1 is 1.00 bits per heavy atom. The van der Waals surface area contributed by atoms with E-state index in [1.807, 2.05) is 67.6 Å². The number of carbonyl (C=O) groups excluding carboxylic acids is 1. The van der Waals surface area contributed by atoms with Crippen molar-refractivity contribution in [1.29, 1.82) is 0 Å². The number of hydrogen-bond acceptors (Lipinski definition) is 3. The number of carbonyl (C=O) groups is 1. The molecule has 4 aromatic rings. The van der Waals surface area contributed by atoms with Crippen molar-refractivity contribution >= 4 is 16.9 Å². The monoisotopic (exact) mass is 441 g/mol. The molecule has 33 heavy (non-hydrogen) atoms. The second-order valence-corrected chi connectivity index (χ2v) is 9.34. The van der Waals surface area contributed by atoms with Gasteiger partial charge in [-0.1, -0.05) is 62.7 Å². The summed E-state index contributed by atoms with van der Waals surface area (Å²) in [6.45, 7) is 10.1. The molecule has 0 aliphatic heterocycles. The van der Waals surface area contributed by atoms with Crippen molar-refractivity contribution in [3.63, 3.8) is 0 Å². The van der Waals surface area contributed by atoms with E-state index in [1.165, 1.54) is 5.56 Å². The maximum atomic E-state index is 12.6. The summed E-state index contributed by atoms with van der Waals surface area (Å²) in [4.78, 5) is 17.4. The van der Waals surface area contributed by atoms with E-state index in [-0.39, 0.29) is 11.3 Å². The van der Waals surface area contributed by atoms with Crippen LogP contribution in [0.15, 0.2) is 72.8 Å². The first kappa shape index (κ1) is 22.6. The van der Waals surface area contributed by atoms with Crippen molar-refractivity contribution in [2.75, 3.05) is 6.61 Å². The van der Waals surface area contributed by atoms with Gasteiger partial charge in [0, 0.05) is 5.56 Å². The van der Waals surface area contributed by atoms with E-state index in [1.54, 1.807) is 0 Å². The Morgan fingerprint density at radius 2 is 1.76 bits per heavy atom.